The highest BCUT2D eigenvalue weighted by molar-refractivity contribution is 7.89. The second kappa shape index (κ2) is 14.8. The number of esters is 2. The lowest BCUT2D eigenvalue weighted by molar-refractivity contribution is -0.496. The minimum atomic E-state index is -4.19. The van der Waals surface area contributed by atoms with Gasteiger partial charge < -0.3 is 9.47 Å². The van der Waals surface area contributed by atoms with Crippen LogP contribution in [0.2, 0.25) is 0 Å². The van der Waals surface area contributed by atoms with Crippen LogP contribution in [0.25, 0.3) is 0 Å². The SMILES string of the molecule is C=C(C)C(=O)OCCN(C)S(=O)(=O)c1ccc([N+](=NC(CC)COC(=O)C(=C)C)Nc2ccccc2)c([N+](=O)[O-])c1. The Morgan fingerprint density at radius 1 is 1.05 bits per heavy atom. The number of hydrogen-bond acceptors (Lipinski definition) is 9. The summed E-state index contributed by atoms with van der Waals surface area (Å²) < 4.78 is 37.4. The number of likely N-dealkylation sites (N-methyl/N-ethyl adjacent to an activating group) is 1. The maximum atomic E-state index is 13.2. The average Bonchev–Trinajstić information content (AvgIpc) is 2.94. The number of carbonyl (C=O) groups excluding carboxylic acids is 2. The van der Waals surface area contributed by atoms with Gasteiger partial charge in [0.25, 0.3) is 0 Å². The zero-order valence-corrected chi connectivity index (χ0v) is 24.2. The standard InChI is InChI=1S/C27H34N5O8S/c1-7-21(18-40-27(34)20(4)5)28-31(29-22-11-9-8-10-12-22)24-14-13-23(17-25(24)32(35)36)41(37,38)30(6)15-16-39-26(33)19(2)3/h8-14,17,21H,2,4,7,15-16,18H2,1,3,5-6H3,(H,28,29)/q+1. The van der Waals surface area contributed by atoms with Gasteiger partial charge in [-0.05, 0) is 43.6 Å². The number of hydrazine groups is 1. The molecule has 0 heterocycles. The number of benzene rings is 2. The minimum absolute atomic E-state index is 0.0551. The molecule has 0 fully saturated rings. The van der Waals surface area contributed by atoms with E-state index >= 15 is 0 Å². The van der Waals surface area contributed by atoms with Crippen molar-refractivity contribution in [1.29, 1.82) is 0 Å². The summed E-state index contributed by atoms with van der Waals surface area (Å²) in [6.45, 7) is 11.2. The van der Waals surface area contributed by atoms with Crippen LogP contribution in [-0.2, 0) is 29.1 Å². The van der Waals surface area contributed by atoms with Gasteiger partial charge in [-0.1, -0.05) is 38.3 Å². The van der Waals surface area contributed by atoms with Crippen molar-refractivity contribution >= 4 is 39.0 Å². The number of hydrogen-bond donors (Lipinski definition) is 1. The highest BCUT2D eigenvalue weighted by Crippen LogP contribution is 2.32. The van der Waals surface area contributed by atoms with Crippen molar-refractivity contribution in [3.63, 3.8) is 0 Å². The molecule has 0 amide bonds. The molecule has 1 atom stereocenters. The summed E-state index contributed by atoms with van der Waals surface area (Å²) >= 11 is 0. The van der Waals surface area contributed by atoms with Gasteiger partial charge in [-0.25, -0.2) is 18.0 Å². The number of nitrogens with one attached hydrogen (secondary N) is 1. The third-order valence-electron chi connectivity index (χ3n) is 5.58. The van der Waals surface area contributed by atoms with Crippen LogP contribution in [0.5, 0.6) is 0 Å². The lowest BCUT2D eigenvalue weighted by Gasteiger charge is -2.17. The summed E-state index contributed by atoms with van der Waals surface area (Å²) in [6.07, 6.45) is 0.414. The molecule has 41 heavy (non-hydrogen) atoms. The first kappa shape index (κ1) is 32.8. The molecular formula is C27H34N5O8S+. The predicted octanol–water partition coefficient (Wildman–Crippen LogP) is 4.36. The third-order valence-corrected chi connectivity index (χ3v) is 7.43. The van der Waals surface area contributed by atoms with Gasteiger partial charge >= 0.3 is 23.3 Å². The molecule has 0 saturated heterocycles. The summed E-state index contributed by atoms with van der Waals surface area (Å²) in [5, 5.41) is 16.7. The molecule has 0 radical (unpaired) electrons. The lowest BCUT2D eigenvalue weighted by atomic mass is 10.2. The Balaban J connectivity index is 2.48. The topological polar surface area (TPSA) is 161 Å². The number of rotatable bonds is 15. The summed E-state index contributed by atoms with van der Waals surface area (Å²) in [5.74, 6) is -1.26. The van der Waals surface area contributed by atoms with E-state index in [4.69, 9.17) is 9.47 Å². The van der Waals surface area contributed by atoms with Gasteiger partial charge in [-0.2, -0.15) is 4.31 Å². The molecule has 0 aliphatic carbocycles. The number of carbonyl (C=O) groups is 2. The molecule has 0 aromatic heterocycles. The molecule has 2 rings (SSSR count). The largest absolute Gasteiger partial charge is 0.461 e. The summed E-state index contributed by atoms with van der Waals surface area (Å²) in [5.41, 5.74) is 3.30. The highest BCUT2D eigenvalue weighted by Gasteiger charge is 2.32. The van der Waals surface area contributed by atoms with E-state index in [1.165, 1.54) is 33.0 Å². The molecule has 0 aliphatic heterocycles. The molecule has 13 nitrogen and oxygen atoms in total. The fourth-order valence-electron chi connectivity index (χ4n) is 3.16. The molecule has 0 aliphatic rings. The van der Waals surface area contributed by atoms with E-state index in [9.17, 15) is 28.1 Å². The zero-order valence-electron chi connectivity index (χ0n) is 23.4. The van der Waals surface area contributed by atoms with E-state index in [-0.39, 0.29) is 41.5 Å². The number of azo groups is 1. The number of para-hydroxylation sites is 1. The van der Waals surface area contributed by atoms with Crippen LogP contribution in [0.3, 0.4) is 0 Å². The van der Waals surface area contributed by atoms with Gasteiger partial charge in [-0.3, -0.25) is 10.1 Å². The maximum Gasteiger partial charge on any atom is 0.347 e. The quantitative estimate of drug-likeness (QED) is 0.0796. The van der Waals surface area contributed by atoms with Crippen molar-refractivity contribution in [3.05, 3.63) is 82.9 Å². The normalized spacial score (nSPS) is 12.4. The first-order valence-electron chi connectivity index (χ1n) is 12.5. The van der Waals surface area contributed by atoms with E-state index in [0.717, 1.165) is 15.2 Å². The number of nitro benzene ring substituents is 1. The predicted molar refractivity (Wildman–Crippen MR) is 151 cm³/mol. The highest BCUT2D eigenvalue weighted by atomic mass is 32.2. The Morgan fingerprint density at radius 3 is 2.22 bits per heavy atom. The maximum absolute atomic E-state index is 13.2. The molecule has 2 aromatic rings. The molecule has 0 bridgehead atoms. The van der Waals surface area contributed by atoms with Crippen molar-refractivity contribution in [2.45, 2.75) is 38.1 Å². The van der Waals surface area contributed by atoms with Gasteiger partial charge in [0.1, 0.15) is 19.3 Å². The number of nitrogens with zero attached hydrogens (tertiary/aromatic N) is 4. The second-order valence-corrected chi connectivity index (χ2v) is 11.0. The second-order valence-electron chi connectivity index (χ2n) is 9.00. The van der Waals surface area contributed by atoms with E-state index in [2.05, 4.69) is 23.7 Å². The molecule has 1 N–H and O–H groups in total. The Kier molecular flexibility index (Phi) is 11.8. The van der Waals surface area contributed by atoms with Crippen LogP contribution in [0, 0.1) is 10.1 Å². The molecule has 0 saturated carbocycles. The average molecular weight is 589 g/mol. The van der Waals surface area contributed by atoms with E-state index in [1.807, 2.05) is 0 Å². The molecule has 1 unspecified atom stereocenters. The van der Waals surface area contributed by atoms with Crippen molar-refractivity contribution in [3.8, 4) is 0 Å². The van der Waals surface area contributed by atoms with Crippen LogP contribution in [-0.4, -0.2) is 67.2 Å². The Morgan fingerprint density at radius 2 is 1.66 bits per heavy atom. The first-order valence-corrected chi connectivity index (χ1v) is 13.9. The van der Waals surface area contributed by atoms with Crippen molar-refractivity contribution in [2.24, 2.45) is 5.11 Å². The van der Waals surface area contributed by atoms with Gasteiger partial charge in [0.15, 0.2) is 0 Å². The smallest absolute Gasteiger partial charge is 0.347 e. The summed E-state index contributed by atoms with van der Waals surface area (Å²) in [7, 11) is -2.92. The molecular weight excluding hydrogens is 554 g/mol. The Hall–Kier alpha value is -4.43. The Bertz CT molecular complexity index is 1440. The van der Waals surface area contributed by atoms with Gasteiger partial charge in [0, 0.05) is 41.7 Å². The number of ether oxygens (including phenoxy) is 2. The van der Waals surface area contributed by atoms with Gasteiger partial charge in [0.2, 0.25) is 10.0 Å². The van der Waals surface area contributed by atoms with E-state index in [1.54, 1.807) is 37.3 Å². The number of sulfonamides is 1. The van der Waals surface area contributed by atoms with Crippen LogP contribution in [0.1, 0.15) is 27.2 Å². The minimum Gasteiger partial charge on any atom is -0.461 e. The molecule has 220 valence electrons. The van der Waals surface area contributed by atoms with E-state index in [0.29, 0.717) is 12.1 Å². The van der Waals surface area contributed by atoms with Crippen molar-refractivity contribution in [1.82, 2.24) is 4.31 Å². The van der Waals surface area contributed by atoms with Crippen LogP contribution in [0.4, 0.5) is 17.1 Å². The van der Waals surface area contributed by atoms with Crippen LogP contribution < -0.4 is 5.43 Å². The summed E-state index contributed by atoms with van der Waals surface area (Å²) in [4.78, 5) is 35.7. The first-order chi connectivity index (χ1) is 19.3. The number of nitro groups is 1. The van der Waals surface area contributed by atoms with E-state index < -0.39 is 38.6 Å². The molecule has 2 aromatic carbocycles. The third kappa shape index (κ3) is 9.32. The zero-order chi connectivity index (χ0) is 30.7. The molecule has 14 heteroatoms. The van der Waals surface area contributed by atoms with Crippen LogP contribution >= 0.6 is 0 Å². The fraction of sp³-hybridized carbons (Fsp3) is 0.333. The Labute approximate surface area is 238 Å². The lowest BCUT2D eigenvalue weighted by Crippen LogP contribution is -2.31. The number of anilines is 1. The van der Waals surface area contributed by atoms with Gasteiger partial charge in [-0.15, -0.1) is 5.43 Å². The van der Waals surface area contributed by atoms with Crippen molar-refractivity contribution in [2.75, 3.05) is 32.2 Å². The monoisotopic (exact) mass is 588 g/mol. The van der Waals surface area contributed by atoms with Crippen molar-refractivity contribution < 1.29 is 37.2 Å². The fourth-order valence-corrected chi connectivity index (χ4v) is 4.33. The summed E-state index contributed by atoms with van der Waals surface area (Å²) in [6, 6.07) is 11.5. The van der Waals surface area contributed by atoms with Crippen LogP contribution in [0.15, 0.2) is 82.8 Å². The van der Waals surface area contributed by atoms with Gasteiger partial charge in [0.05, 0.1) is 15.5 Å². The molecule has 0 spiro atoms.